The molecule has 0 fully saturated rings. The molecule has 0 amide bonds. The summed E-state index contributed by atoms with van der Waals surface area (Å²) < 4.78 is 5.07. The third-order valence-electron chi connectivity index (χ3n) is 2.92. The minimum absolute atomic E-state index is 0.0739. The van der Waals surface area contributed by atoms with Crippen LogP contribution in [0.1, 0.15) is 35.8 Å². The second-order valence-corrected chi connectivity index (χ2v) is 6.50. The molecule has 1 aromatic heterocycles. The minimum atomic E-state index is -0.202. The zero-order chi connectivity index (χ0) is 16.5. The quantitative estimate of drug-likeness (QED) is 0.454. The molecule has 0 bridgehead atoms. The molecule has 0 spiro atoms. The number of carbonyl (C=O) groups is 1. The van der Waals surface area contributed by atoms with Crippen molar-refractivity contribution in [3.8, 4) is 0 Å². The topological polar surface area (TPSA) is 75.6 Å². The molecule has 0 saturated heterocycles. The van der Waals surface area contributed by atoms with E-state index in [4.69, 9.17) is 4.74 Å². The van der Waals surface area contributed by atoms with Gasteiger partial charge >= 0.3 is 5.97 Å². The summed E-state index contributed by atoms with van der Waals surface area (Å²) in [5.74, 6) is 0.481. The fraction of sp³-hybridized carbons (Fsp3) is 0.667. The van der Waals surface area contributed by atoms with Gasteiger partial charge in [0, 0.05) is 31.4 Å². The zero-order valence-electron chi connectivity index (χ0n) is 14.0. The first-order chi connectivity index (χ1) is 10.4. The van der Waals surface area contributed by atoms with Gasteiger partial charge in [0.15, 0.2) is 5.96 Å². The number of esters is 1. The number of carbonyl (C=O) groups excluding carboxylic acids is 1. The maximum Gasteiger partial charge on any atom is 0.307 e. The Balaban J connectivity index is 2.24. The molecule has 1 heterocycles. The zero-order valence-corrected chi connectivity index (χ0v) is 14.8. The van der Waals surface area contributed by atoms with Gasteiger partial charge < -0.3 is 15.4 Å². The van der Waals surface area contributed by atoms with Crippen molar-refractivity contribution >= 4 is 23.3 Å². The lowest BCUT2D eigenvalue weighted by molar-refractivity contribution is -0.147. The van der Waals surface area contributed by atoms with E-state index in [0.717, 1.165) is 23.7 Å². The Hall–Kier alpha value is -1.63. The molecular formula is C15H26N4O2S. The molecule has 0 aromatic carbocycles. The van der Waals surface area contributed by atoms with Gasteiger partial charge in [-0.3, -0.25) is 9.79 Å². The van der Waals surface area contributed by atoms with Gasteiger partial charge in [0.2, 0.25) is 0 Å². The molecule has 0 aliphatic rings. The third kappa shape index (κ3) is 6.89. The number of ether oxygens (including phenoxy) is 1. The average molecular weight is 326 g/mol. The smallest absolute Gasteiger partial charge is 0.307 e. The van der Waals surface area contributed by atoms with Crippen LogP contribution in [0.4, 0.5) is 0 Å². The van der Waals surface area contributed by atoms with Crippen molar-refractivity contribution in [2.75, 3.05) is 20.1 Å². The van der Waals surface area contributed by atoms with E-state index in [-0.39, 0.29) is 12.1 Å². The highest BCUT2D eigenvalue weighted by molar-refractivity contribution is 7.11. The standard InChI is InChI=1S/C15H26N4O2S/c1-10(2)21-14(20)7-9-18-15(16-5)17-8-6-13-19-11(3)12(4)22-13/h10H,6-9H2,1-5H3,(H2,16,17,18). The summed E-state index contributed by atoms with van der Waals surface area (Å²) in [5, 5.41) is 7.44. The van der Waals surface area contributed by atoms with Crippen LogP contribution < -0.4 is 10.6 Å². The Morgan fingerprint density at radius 3 is 2.55 bits per heavy atom. The number of hydrogen-bond donors (Lipinski definition) is 2. The van der Waals surface area contributed by atoms with Gasteiger partial charge in [-0.25, -0.2) is 4.98 Å². The molecular weight excluding hydrogens is 300 g/mol. The summed E-state index contributed by atoms with van der Waals surface area (Å²) in [6.07, 6.45) is 1.11. The summed E-state index contributed by atoms with van der Waals surface area (Å²) in [4.78, 5) is 21.3. The van der Waals surface area contributed by atoms with Crippen molar-refractivity contribution in [3.63, 3.8) is 0 Å². The fourth-order valence-corrected chi connectivity index (χ4v) is 2.69. The van der Waals surface area contributed by atoms with Crippen LogP contribution in [0.15, 0.2) is 4.99 Å². The highest BCUT2D eigenvalue weighted by Crippen LogP contribution is 2.16. The van der Waals surface area contributed by atoms with Crippen LogP contribution in [0.3, 0.4) is 0 Å². The van der Waals surface area contributed by atoms with E-state index in [0.29, 0.717) is 18.9 Å². The number of thiazole rings is 1. The molecule has 7 heteroatoms. The van der Waals surface area contributed by atoms with Crippen molar-refractivity contribution in [2.45, 2.75) is 46.6 Å². The SMILES string of the molecule is CN=C(NCCC(=O)OC(C)C)NCCc1nc(C)c(C)s1. The first-order valence-corrected chi connectivity index (χ1v) is 8.31. The number of guanidine groups is 1. The molecule has 1 rings (SSSR count). The number of aromatic nitrogens is 1. The van der Waals surface area contributed by atoms with Crippen molar-refractivity contribution in [1.82, 2.24) is 15.6 Å². The maximum absolute atomic E-state index is 11.4. The molecule has 124 valence electrons. The van der Waals surface area contributed by atoms with Gasteiger partial charge in [-0.1, -0.05) is 0 Å². The number of aryl methyl sites for hydroxylation is 2. The molecule has 2 N–H and O–H groups in total. The van der Waals surface area contributed by atoms with Crippen molar-refractivity contribution in [1.29, 1.82) is 0 Å². The molecule has 1 aromatic rings. The van der Waals surface area contributed by atoms with Crippen LogP contribution in [-0.2, 0) is 16.0 Å². The lowest BCUT2D eigenvalue weighted by atomic mass is 10.4. The molecule has 6 nitrogen and oxygen atoms in total. The Kier molecular flexibility index (Phi) is 7.87. The van der Waals surface area contributed by atoms with E-state index in [2.05, 4.69) is 27.5 Å². The second-order valence-electron chi connectivity index (χ2n) is 5.21. The lowest BCUT2D eigenvalue weighted by Gasteiger charge is -2.12. The number of nitrogens with one attached hydrogen (secondary N) is 2. The number of rotatable bonds is 7. The van der Waals surface area contributed by atoms with Crippen molar-refractivity contribution in [2.24, 2.45) is 4.99 Å². The number of aliphatic imine (C=N–C) groups is 1. The molecule has 0 aliphatic carbocycles. The van der Waals surface area contributed by atoms with Crippen LogP contribution in [-0.4, -0.2) is 43.2 Å². The van der Waals surface area contributed by atoms with Gasteiger partial charge in [-0.05, 0) is 27.7 Å². The average Bonchev–Trinajstić information content (AvgIpc) is 2.75. The molecule has 0 radical (unpaired) electrons. The van der Waals surface area contributed by atoms with E-state index in [9.17, 15) is 4.79 Å². The normalized spacial score (nSPS) is 11.6. The number of nitrogens with zero attached hydrogens (tertiary/aromatic N) is 2. The largest absolute Gasteiger partial charge is 0.463 e. The van der Waals surface area contributed by atoms with E-state index in [1.165, 1.54) is 4.88 Å². The molecule has 0 atom stereocenters. The van der Waals surface area contributed by atoms with Crippen molar-refractivity contribution in [3.05, 3.63) is 15.6 Å². The van der Waals surface area contributed by atoms with Crippen molar-refractivity contribution < 1.29 is 9.53 Å². The Labute approximate surface area is 136 Å². The first-order valence-electron chi connectivity index (χ1n) is 7.49. The van der Waals surface area contributed by atoms with E-state index in [1.807, 2.05) is 20.8 Å². The highest BCUT2D eigenvalue weighted by atomic mass is 32.1. The van der Waals surface area contributed by atoms with Gasteiger partial charge in [-0.2, -0.15) is 0 Å². The van der Waals surface area contributed by atoms with Crippen LogP contribution in [0.5, 0.6) is 0 Å². The predicted molar refractivity (Wildman–Crippen MR) is 90.5 cm³/mol. The van der Waals surface area contributed by atoms with Gasteiger partial charge in [0.25, 0.3) is 0 Å². The predicted octanol–water partition coefficient (Wildman–Crippen LogP) is 1.81. The van der Waals surface area contributed by atoms with E-state index < -0.39 is 0 Å². The summed E-state index contributed by atoms with van der Waals surface area (Å²) in [6.45, 7) is 9.05. The fourth-order valence-electron chi connectivity index (χ4n) is 1.76. The third-order valence-corrected chi connectivity index (χ3v) is 4.05. The second kappa shape index (κ2) is 9.40. The molecule has 0 unspecified atom stereocenters. The molecule has 0 aliphatic heterocycles. The maximum atomic E-state index is 11.4. The van der Waals surface area contributed by atoms with Crippen LogP contribution in [0, 0.1) is 13.8 Å². The molecule has 0 saturated carbocycles. The van der Waals surface area contributed by atoms with E-state index in [1.54, 1.807) is 18.4 Å². The highest BCUT2D eigenvalue weighted by Gasteiger charge is 2.06. The van der Waals surface area contributed by atoms with Crippen LogP contribution in [0.2, 0.25) is 0 Å². The monoisotopic (exact) mass is 326 g/mol. The summed E-state index contributed by atoms with van der Waals surface area (Å²) in [7, 11) is 1.71. The summed E-state index contributed by atoms with van der Waals surface area (Å²) >= 11 is 1.73. The van der Waals surface area contributed by atoms with Gasteiger partial charge in [0.05, 0.1) is 23.2 Å². The lowest BCUT2D eigenvalue weighted by Crippen LogP contribution is -2.39. The Morgan fingerprint density at radius 2 is 2.00 bits per heavy atom. The van der Waals surface area contributed by atoms with Gasteiger partial charge in [-0.15, -0.1) is 11.3 Å². The number of hydrogen-bond acceptors (Lipinski definition) is 5. The van der Waals surface area contributed by atoms with E-state index >= 15 is 0 Å². The van der Waals surface area contributed by atoms with Crippen LogP contribution >= 0.6 is 11.3 Å². The summed E-state index contributed by atoms with van der Waals surface area (Å²) in [6, 6.07) is 0. The van der Waals surface area contributed by atoms with Crippen LogP contribution in [0.25, 0.3) is 0 Å². The first kappa shape index (κ1) is 18.4. The van der Waals surface area contributed by atoms with Gasteiger partial charge in [0.1, 0.15) is 0 Å². The minimum Gasteiger partial charge on any atom is -0.463 e. The Bertz CT molecular complexity index is 492. The summed E-state index contributed by atoms with van der Waals surface area (Å²) in [5.41, 5.74) is 1.10. The molecule has 22 heavy (non-hydrogen) atoms. The Morgan fingerprint density at radius 1 is 1.32 bits per heavy atom.